The van der Waals surface area contributed by atoms with Crippen LogP contribution in [0.1, 0.15) is 10.4 Å². The Morgan fingerprint density at radius 1 is 1.21 bits per heavy atom. The molecule has 0 amide bonds. The van der Waals surface area contributed by atoms with Crippen LogP contribution >= 0.6 is 27.7 Å². The summed E-state index contributed by atoms with van der Waals surface area (Å²) < 4.78 is 5.69. The van der Waals surface area contributed by atoms with Crippen LogP contribution in [0.15, 0.2) is 56.7 Å². The number of esters is 1. The number of ether oxygens (including phenoxy) is 1. The molecule has 2 N–H and O–H groups in total. The van der Waals surface area contributed by atoms with Gasteiger partial charge in [-0.1, -0.05) is 27.7 Å². The van der Waals surface area contributed by atoms with Gasteiger partial charge in [0.2, 0.25) is 0 Å². The molecule has 0 radical (unpaired) electrons. The lowest BCUT2D eigenvalue weighted by molar-refractivity contribution is 0.0600. The van der Waals surface area contributed by atoms with Crippen molar-refractivity contribution in [3.8, 4) is 0 Å². The maximum absolute atomic E-state index is 11.4. The zero-order valence-corrected chi connectivity index (χ0v) is 12.6. The molecule has 0 aromatic heterocycles. The van der Waals surface area contributed by atoms with Crippen LogP contribution in [0.5, 0.6) is 0 Å². The fourth-order valence-corrected chi connectivity index (χ4v) is 2.62. The van der Waals surface area contributed by atoms with Gasteiger partial charge in [0.25, 0.3) is 0 Å². The summed E-state index contributed by atoms with van der Waals surface area (Å²) in [5.41, 5.74) is 6.98. The number of hydrogen-bond acceptors (Lipinski definition) is 4. The van der Waals surface area contributed by atoms with E-state index in [2.05, 4.69) is 20.7 Å². The number of carbonyl (C=O) groups excluding carboxylic acids is 1. The zero-order valence-electron chi connectivity index (χ0n) is 10.2. The highest BCUT2D eigenvalue weighted by Crippen LogP contribution is 2.33. The maximum Gasteiger partial charge on any atom is 0.337 e. The third-order valence-electron chi connectivity index (χ3n) is 2.47. The van der Waals surface area contributed by atoms with E-state index in [9.17, 15) is 4.79 Å². The number of nitrogen functional groups attached to an aromatic ring is 1. The fourth-order valence-electron chi connectivity index (χ4n) is 1.52. The number of nitrogens with two attached hydrogens (primary N) is 1. The molecule has 2 aromatic carbocycles. The van der Waals surface area contributed by atoms with E-state index in [1.807, 2.05) is 30.3 Å². The van der Waals surface area contributed by atoms with Crippen molar-refractivity contribution in [2.45, 2.75) is 9.79 Å². The van der Waals surface area contributed by atoms with Crippen molar-refractivity contribution in [2.75, 3.05) is 12.8 Å². The SMILES string of the molecule is COC(=O)c1ccc(Sc2ccc(Br)cc2)c(N)c1. The molecule has 0 saturated heterocycles. The average molecular weight is 338 g/mol. The molecule has 2 aromatic rings. The Hall–Kier alpha value is -1.46. The van der Waals surface area contributed by atoms with E-state index in [1.54, 1.807) is 23.9 Å². The lowest BCUT2D eigenvalue weighted by Gasteiger charge is -2.07. The minimum Gasteiger partial charge on any atom is -0.465 e. The molecule has 98 valence electrons. The van der Waals surface area contributed by atoms with Crippen LogP contribution in [0.3, 0.4) is 0 Å². The molecule has 2 rings (SSSR count). The summed E-state index contributed by atoms with van der Waals surface area (Å²) in [6, 6.07) is 13.1. The molecule has 0 saturated carbocycles. The van der Waals surface area contributed by atoms with Gasteiger partial charge in [0.05, 0.1) is 12.7 Å². The number of carbonyl (C=O) groups is 1. The highest BCUT2D eigenvalue weighted by atomic mass is 79.9. The minimum atomic E-state index is -0.383. The first-order valence-electron chi connectivity index (χ1n) is 5.51. The van der Waals surface area contributed by atoms with E-state index < -0.39 is 0 Å². The Labute approximate surface area is 124 Å². The summed E-state index contributed by atoms with van der Waals surface area (Å²) in [6.45, 7) is 0. The van der Waals surface area contributed by atoms with E-state index in [0.29, 0.717) is 11.3 Å². The van der Waals surface area contributed by atoms with Gasteiger partial charge < -0.3 is 10.5 Å². The Balaban J connectivity index is 2.22. The molecule has 0 aliphatic carbocycles. The number of rotatable bonds is 3. The summed E-state index contributed by atoms with van der Waals surface area (Å²) in [6.07, 6.45) is 0. The second-order valence-electron chi connectivity index (χ2n) is 3.80. The van der Waals surface area contributed by atoms with Crippen LogP contribution in [0.25, 0.3) is 0 Å². The van der Waals surface area contributed by atoms with Crippen molar-refractivity contribution >= 4 is 39.3 Å². The normalized spacial score (nSPS) is 10.2. The van der Waals surface area contributed by atoms with Crippen molar-refractivity contribution in [1.29, 1.82) is 0 Å². The molecule has 0 atom stereocenters. The van der Waals surface area contributed by atoms with Crippen molar-refractivity contribution in [1.82, 2.24) is 0 Å². The Morgan fingerprint density at radius 2 is 1.89 bits per heavy atom. The van der Waals surface area contributed by atoms with Crippen molar-refractivity contribution in [2.24, 2.45) is 0 Å². The van der Waals surface area contributed by atoms with E-state index in [1.165, 1.54) is 7.11 Å². The first-order valence-corrected chi connectivity index (χ1v) is 7.12. The van der Waals surface area contributed by atoms with Gasteiger partial charge in [-0.3, -0.25) is 0 Å². The molecule has 19 heavy (non-hydrogen) atoms. The minimum absolute atomic E-state index is 0.383. The summed E-state index contributed by atoms with van der Waals surface area (Å²) in [4.78, 5) is 13.4. The van der Waals surface area contributed by atoms with Crippen LogP contribution < -0.4 is 5.73 Å². The molecule has 0 unspecified atom stereocenters. The van der Waals surface area contributed by atoms with Crippen LogP contribution in [0.2, 0.25) is 0 Å². The number of benzene rings is 2. The van der Waals surface area contributed by atoms with E-state index in [-0.39, 0.29) is 5.97 Å². The molecule has 0 fully saturated rings. The number of anilines is 1. The molecule has 3 nitrogen and oxygen atoms in total. The van der Waals surface area contributed by atoms with Gasteiger partial charge in [0, 0.05) is 20.0 Å². The largest absolute Gasteiger partial charge is 0.465 e. The standard InChI is InChI=1S/C14H12BrNO2S/c1-18-14(17)9-2-7-13(12(16)8-9)19-11-5-3-10(15)4-6-11/h2-8H,16H2,1H3. The van der Waals surface area contributed by atoms with Gasteiger partial charge in [-0.15, -0.1) is 0 Å². The molecular formula is C14H12BrNO2S. The van der Waals surface area contributed by atoms with E-state index in [0.717, 1.165) is 14.3 Å². The Kier molecular flexibility index (Phi) is 4.50. The summed E-state index contributed by atoms with van der Waals surface area (Å²) in [5, 5.41) is 0. The monoisotopic (exact) mass is 337 g/mol. The van der Waals surface area contributed by atoms with Gasteiger partial charge >= 0.3 is 5.97 Å². The second-order valence-corrected chi connectivity index (χ2v) is 5.83. The Bertz CT molecular complexity index is 599. The first-order chi connectivity index (χ1) is 9.10. The molecule has 0 heterocycles. The quantitative estimate of drug-likeness (QED) is 0.680. The predicted octanol–water partition coefficient (Wildman–Crippen LogP) is 3.97. The molecule has 0 bridgehead atoms. The van der Waals surface area contributed by atoms with Crippen molar-refractivity contribution < 1.29 is 9.53 Å². The van der Waals surface area contributed by atoms with Crippen LogP contribution in [0.4, 0.5) is 5.69 Å². The predicted molar refractivity (Wildman–Crippen MR) is 80.5 cm³/mol. The highest BCUT2D eigenvalue weighted by Gasteiger charge is 2.09. The van der Waals surface area contributed by atoms with E-state index >= 15 is 0 Å². The van der Waals surface area contributed by atoms with Crippen LogP contribution in [-0.2, 0) is 4.74 Å². The van der Waals surface area contributed by atoms with Gasteiger partial charge in [-0.2, -0.15) is 0 Å². The number of methoxy groups -OCH3 is 1. The Morgan fingerprint density at radius 3 is 2.47 bits per heavy atom. The molecule has 0 spiro atoms. The topological polar surface area (TPSA) is 52.3 Å². The summed E-state index contributed by atoms with van der Waals surface area (Å²) in [7, 11) is 1.35. The molecule has 5 heteroatoms. The van der Waals surface area contributed by atoms with Gasteiger partial charge in [-0.05, 0) is 42.5 Å². The maximum atomic E-state index is 11.4. The number of hydrogen-bond donors (Lipinski definition) is 1. The van der Waals surface area contributed by atoms with Crippen molar-refractivity contribution in [3.05, 3.63) is 52.5 Å². The van der Waals surface area contributed by atoms with Crippen molar-refractivity contribution in [3.63, 3.8) is 0 Å². The lowest BCUT2D eigenvalue weighted by Crippen LogP contribution is -2.02. The second kappa shape index (κ2) is 6.12. The molecule has 0 aliphatic rings. The lowest BCUT2D eigenvalue weighted by atomic mass is 10.2. The third-order valence-corrected chi connectivity index (χ3v) is 4.10. The van der Waals surface area contributed by atoms with Gasteiger partial charge in [0.15, 0.2) is 0 Å². The van der Waals surface area contributed by atoms with Gasteiger partial charge in [-0.25, -0.2) is 4.79 Å². The smallest absolute Gasteiger partial charge is 0.337 e. The fraction of sp³-hybridized carbons (Fsp3) is 0.0714. The van der Waals surface area contributed by atoms with Crippen LogP contribution in [0, 0.1) is 0 Å². The summed E-state index contributed by atoms with van der Waals surface area (Å²) in [5.74, 6) is -0.383. The van der Waals surface area contributed by atoms with Gasteiger partial charge in [0.1, 0.15) is 0 Å². The first kappa shape index (κ1) is 14.0. The number of halogens is 1. The van der Waals surface area contributed by atoms with E-state index in [4.69, 9.17) is 5.73 Å². The summed E-state index contributed by atoms with van der Waals surface area (Å²) >= 11 is 4.95. The molecule has 0 aliphatic heterocycles. The zero-order chi connectivity index (χ0) is 13.8. The van der Waals surface area contributed by atoms with Crippen LogP contribution in [-0.4, -0.2) is 13.1 Å². The third kappa shape index (κ3) is 3.52. The highest BCUT2D eigenvalue weighted by molar-refractivity contribution is 9.10. The molecular weight excluding hydrogens is 326 g/mol. The average Bonchev–Trinajstić information content (AvgIpc) is 2.42.